The minimum atomic E-state index is -0.644. The summed E-state index contributed by atoms with van der Waals surface area (Å²) in [6, 6.07) is 5.47. The fourth-order valence-electron chi connectivity index (χ4n) is 0.890. The van der Waals surface area contributed by atoms with E-state index in [0.29, 0.717) is 0 Å². The lowest BCUT2D eigenvalue weighted by Gasteiger charge is -2.02. The third kappa shape index (κ3) is 2.20. The Hall–Kier alpha value is -2.09. The fraction of sp³-hybridized carbons (Fsp3) is 0.111. The van der Waals surface area contributed by atoms with Crippen molar-refractivity contribution in [3.05, 3.63) is 29.6 Å². The van der Waals surface area contributed by atoms with E-state index in [1.54, 1.807) is 6.07 Å². The Morgan fingerprint density at radius 2 is 2.36 bits per heavy atom. The van der Waals surface area contributed by atoms with E-state index in [-0.39, 0.29) is 17.8 Å². The first-order chi connectivity index (χ1) is 6.65. The lowest BCUT2D eigenvalue weighted by Crippen LogP contribution is -2.23. The molecule has 4 nitrogen and oxygen atoms in total. The number of carbonyl (C=O) groups is 1. The van der Waals surface area contributed by atoms with Gasteiger partial charge in [-0.05, 0) is 18.2 Å². The molecule has 14 heavy (non-hydrogen) atoms. The third-order valence-corrected chi connectivity index (χ3v) is 1.59. The molecule has 1 aromatic carbocycles. The number of nitrogens with zero attached hydrogens (tertiary/aromatic N) is 1. The molecule has 0 saturated heterocycles. The zero-order valence-electron chi connectivity index (χ0n) is 7.25. The van der Waals surface area contributed by atoms with E-state index in [4.69, 9.17) is 11.0 Å². The van der Waals surface area contributed by atoms with Crippen molar-refractivity contribution < 1.29 is 9.18 Å². The molecule has 0 aliphatic rings. The SMILES string of the molecule is N#CCNC(=O)c1ccc(N)c(F)c1. The molecule has 1 aromatic rings. The summed E-state index contributed by atoms with van der Waals surface area (Å²) in [5, 5.41) is 10.5. The summed E-state index contributed by atoms with van der Waals surface area (Å²) >= 11 is 0. The number of hydrogen-bond acceptors (Lipinski definition) is 3. The van der Waals surface area contributed by atoms with Gasteiger partial charge in [-0.3, -0.25) is 4.79 Å². The average Bonchev–Trinajstić information content (AvgIpc) is 2.18. The normalized spacial score (nSPS) is 9.14. The highest BCUT2D eigenvalue weighted by Gasteiger charge is 2.06. The van der Waals surface area contributed by atoms with Crippen LogP contribution in [0.25, 0.3) is 0 Å². The number of amides is 1. The van der Waals surface area contributed by atoms with Gasteiger partial charge in [0.1, 0.15) is 12.4 Å². The first-order valence-electron chi connectivity index (χ1n) is 3.85. The van der Waals surface area contributed by atoms with Gasteiger partial charge in [-0.25, -0.2) is 4.39 Å². The van der Waals surface area contributed by atoms with E-state index in [1.165, 1.54) is 12.1 Å². The number of nitrogens with two attached hydrogens (primary N) is 1. The molecule has 0 atom stereocenters. The Morgan fingerprint density at radius 1 is 1.64 bits per heavy atom. The number of nitrogens with one attached hydrogen (secondary N) is 1. The van der Waals surface area contributed by atoms with Gasteiger partial charge < -0.3 is 11.1 Å². The molecule has 3 N–H and O–H groups in total. The molecule has 5 heteroatoms. The molecule has 0 unspecified atom stereocenters. The van der Waals surface area contributed by atoms with E-state index in [2.05, 4.69) is 5.32 Å². The van der Waals surface area contributed by atoms with Crippen LogP contribution in [0.4, 0.5) is 10.1 Å². The average molecular weight is 193 g/mol. The first-order valence-corrected chi connectivity index (χ1v) is 3.85. The number of rotatable bonds is 2. The molecule has 1 amide bonds. The molecular formula is C9H8FN3O. The predicted octanol–water partition coefficient (Wildman–Crippen LogP) is 0.661. The van der Waals surface area contributed by atoms with Crippen LogP contribution in [0.1, 0.15) is 10.4 Å². The summed E-state index contributed by atoms with van der Waals surface area (Å²) in [6.07, 6.45) is 0. The van der Waals surface area contributed by atoms with Gasteiger partial charge in [0.2, 0.25) is 0 Å². The highest BCUT2D eigenvalue weighted by molar-refractivity contribution is 5.94. The van der Waals surface area contributed by atoms with Crippen LogP contribution < -0.4 is 11.1 Å². The van der Waals surface area contributed by atoms with Crippen LogP contribution in [-0.2, 0) is 0 Å². The quantitative estimate of drug-likeness (QED) is 0.535. The second-order valence-corrected chi connectivity index (χ2v) is 2.58. The van der Waals surface area contributed by atoms with Crippen molar-refractivity contribution in [2.75, 3.05) is 12.3 Å². The summed E-state index contributed by atoms with van der Waals surface area (Å²) in [7, 11) is 0. The van der Waals surface area contributed by atoms with Crippen molar-refractivity contribution in [1.29, 1.82) is 5.26 Å². The van der Waals surface area contributed by atoms with E-state index in [1.807, 2.05) is 0 Å². The van der Waals surface area contributed by atoms with Crippen LogP contribution >= 0.6 is 0 Å². The van der Waals surface area contributed by atoms with Gasteiger partial charge in [0.15, 0.2) is 0 Å². The van der Waals surface area contributed by atoms with Crippen molar-refractivity contribution >= 4 is 11.6 Å². The second-order valence-electron chi connectivity index (χ2n) is 2.58. The highest BCUT2D eigenvalue weighted by atomic mass is 19.1. The molecule has 0 aliphatic heterocycles. The second kappa shape index (κ2) is 4.23. The molecule has 0 bridgehead atoms. The molecule has 0 spiro atoms. The van der Waals surface area contributed by atoms with Crippen molar-refractivity contribution in [3.63, 3.8) is 0 Å². The fourth-order valence-corrected chi connectivity index (χ4v) is 0.890. The van der Waals surface area contributed by atoms with Gasteiger partial charge in [-0.15, -0.1) is 0 Å². The number of anilines is 1. The lowest BCUT2D eigenvalue weighted by molar-refractivity contribution is 0.0958. The molecule has 0 saturated carbocycles. The monoisotopic (exact) mass is 193 g/mol. The van der Waals surface area contributed by atoms with Crippen molar-refractivity contribution in [2.24, 2.45) is 0 Å². The molecule has 0 aliphatic carbocycles. The van der Waals surface area contributed by atoms with Crippen LogP contribution in [0.3, 0.4) is 0 Å². The maximum absolute atomic E-state index is 12.9. The smallest absolute Gasteiger partial charge is 0.252 e. The number of halogens is 1. The van der Waals surface area contributed by atoms with Gasteiger partial charge in [0, 0.05) is 5.56 Å². The molecule has 0 aromatic heterocycles. The van der Waals surface area contributed by atoms with Crippen LogP contribution in [0, 0.1) is 17.1 Å². The Morgan fingerprint density at radius 3 is 2.93 bits per heavy atom. The largest absolute Gasteiger partial charge is 0.396 e. The highest BCUT2D eigenvalue weighted by Crippen LogP contribution is 2.11. The molecule has 1 rings (SSSR count). The van der Waals surface area contributed by atoms with E-state index < -0.39 is 11.7 Å². The third-order valence-electron chi connectivity index (χ3n) is 1.59. The Balaban J connectivity index is 2.82. The van der Waals surface area contributed by atoms with Crippen LogP contribution in [-0.4, -0.2) is 12.5 Å². The molecule has 0 heterocycles. The van der Waals surface area contributed by atoms with E-state index >= 15 is 0 Å². The maximum atomic E-state index is 12.9. The van der Waals surface area contributed by atoms with Gasteiger partial charge >= 0.3 is 0 Å². The summed E-state index contributed by atoms with van der Waals surface area (Å²) in [5.74, 6) is -1.14. The molecule has 0 radical (unpaired) electrons. The lowest BCUT2D eigenvalue weighted by atomic mass is 10.2. The van der Waals surface area contributed by atoms with Crippen LogP contribution in [0.15, 0.2) is 18.2 Å². The summed E-state index contributed by atoms with van der Waals surface area (Å²) in [4.78, 5) is 11.2. The predicted molar refractivity (Wildman–Crippen MR) is 48.8 cm³/mol. The van der Waals surface area contributed by atoms with E-state index in [0.717, 1.165) is 6.07 Å². The van der Waals surface area contributed by atoms with Crippen LogP contribution in [0.2, 0.25) is 0 Å². The summed E-state index contributed by atoms with van der Waals surface area (Å²) in [6.45, 7) is -0.106. The number of benzene rings is 1. The zero-order valence-corrected chi connectivity index (χ0v) is 7.25. The molecule has 0 fully saturated rings. The summed E-state index contributed by atoms with van der Waals surface area (Å²) in [5.41, 5.74) is 5.36. The first kappa shape index (κ1) is 9.99. The Kier molecular flexibility index (Phi) is 3.02. The van der Waals surface area contributed by atoms with Gasteiger partial charge in [-0.1, -0.05) is 0 Å². The standard InChI is InChI=1S/C9H8FN3O/c10-7-5-6(1-2-8(7)12)9(14)13-4-3-11/h1-2,5H,4,12H2,(H,13,14). The summed E-state index contributed by atoms with van der Waals surface area (Å²) < 4.78 is 12.9. The van der Waals surface area contributed by atoms with Gasteiger partial charge in [0.25, 0.3) is 5.91 Å². The Labute approximate surface area is 80.1 Å². The van der Waals surface area contributed by atoms with Crippen molar-refractivity contribution in [1.82, 2.24) is 5.32 Å². The maximum Gasteiger partial charge on any atom is 0.252 e. The molecular weight excluding hydrogens is 185 g/mol. The van der Waals surface area contributed by atoms with E-state index in [9.17, 15) is 9.18 Å². The number of nitrogen functional groups attached to an aromatic ring is 1. The number of carbonyl (C=O) groups excluding carboxylic acids is 1. The minimum Gasteiger partial charge on any atom is -0.396 e. The van der Waals surface area contributed by atoms with Gasteiger partial charge in [0.05, 0.1) is 11.8 Å². The van der Waals surface area contributed by atoms with Crippen LogP contribution in [0.5, 0.6) is 0 Å². The Bertz CT molecular complexity index is 398. The number of hydrogen-bond donors (Lipinski definition) is 2. The molecule has 72 valence electrons. The number of nitriles is 1. The van der Waals surface area contributed by atoms with Crippen molar-refractivity contribution in [3.8, 4) is 6.07 Å². The topological polar surface area (TPSA) is 78.9 Å². The van der Waals surface area contributed by atoms with Gasteiger partial charge in [-0.2, -0.15) is 5.26 Å². The van der Waals surface area contributed by atoms with Crippen molar-refractivity contribution in [2.45, 2.75) is 0 Å². The zero-order chi connectivity index (χ0) is 10.6. The minimum absolute atomic E-state index is 0.0122.